The number of benzene rings is 7. The summed E-state index contributed by atoms with van der Waals surface area (Å²) >= 11 is 1.91. The fourth-order valence-electron chi connectivity index (χ4n) is 10.9. The molecule has 0 fully saturated rings. The standard InChI is InChI=1S/C55H42S/c1-55(2)48-26-24-36(30-47(48)54-45-32-46-40-16-9-10-21-50(40)56-51(46)31-37(45)25-27-49(54)55)35-14-11-15-38(29-35)52-41-17-5-7-19-43(41)53(44-20-8-6-18-42(44)52)39-23-22-33-12-3-4-13-34(33)28-39/h3,5-12,14-23,25-27,29-32,34,36H,4,13,24,28H2,1-2H3. The first-order valence-corrected chi connectivity index (χ1v) is 21.3. The molecule has 2 atom stereocenters. The predicted octanol–water partition coefficient (Wildman–Crippen LogP) is 15.6. The van der Waals surface area contributed by atoms with Crippen molar-refractivity contribution in [3.8, 4) is 11.1 Å². The van der Waals surface area contributed by atoms with Gasteiger partial charge in [0.1, 0.15) is 0 Å². The highest BCUT2D eigenvalue weighted by atomic mass is 32.1. The largest absolute Gasteiger partial charge is 0.135 e. The third-order valence-corrected chi connectivity index (χ3v) is 14.8. The van der Waals surface area contributed by atoms with Gasteiger partial charge in [-0.25, -0.2) is 0 Å². The molecule has 0 saturated heterocycles. The van der Waals surface area contributed by atoms with Crippen LogP contribution in [0.1, 0.15) is 67.7 Å². The minimum atomic E-state index is -0.0355. The Bertz CT molecular complexity index is 3110. The van der Waals surface area contributed by atoms with Crippen LogP contribution in [0.4, 0.5) is 0 Å². The van der Waals surface area contributed by atoms with E-state index >= 15 is 0 Å². The lowest BCUT2D eigenvalue weighted by Gasteiger charge is -2.28. The zero-order valence-corrected chi connectivity index (χ0v) is 32.7. The molecule has 0 spiro atoms. The summed E-state index contributed by atoms with van der Waals surface area (Å²) in [6.45, 7) is 4.85. The fraction of sp³-hybridized carbons (Fsp3) is 0.164. The second-order valence-corrected chi connectivity index (χ2v) is 18.1. The Morgan fingerprint density at radius 3 is 2.18 bits per heavy atom. The van der Waals surface area contributed by atoms with Gasteiger partial charge in [-0.15, -0.1) is 11.3 Å². The van der Waals surface area contributed by atoms with E-state index in [1.165, 1.54) is 121 Å². The van der Waals surface area contributed by atoms with Gasteiger partial charge in [-0.05, 0) is 138 Å². The molecule has 12 rings (SSSR count). The molecule has 0 aliphatic heterocycles. The zero-order valence-electron chi connectivity index (χ0n) is 31.9. The maximum absolute atomic E-state index is 2.62. The monoisotopic (exact) mass is 734 g/mol. The molecule has 0 amide bonds. The van der Waals surface area contributed by atoms with Crippen molar-refractivity contribution in [2.24, 2.45) is 5.92 Å². The Labute approximate surface area is 332 Å². The van der Waals surface area contributed by atoms with E-state index in [0.29, 0.717) is 11.8 Å². The van der Waals surface area contributed by atoms with Crippen molar-refractivity contribution < 1.29 is 0 Å². The van der Waals surface area contributed by atoms with E-state index < -0.39 is 0 Å². The maximum atomic E-state index is 2.62. The van der Waals surface area contributed by atoms with Gasteiger partial charge in [-0.2, -0.15) is 0 Å². The van der Waals surface area contributed by atoms with Gasteiger partial charge >= 0.3 is 0 Å². The molecule has 8 aromatic rings. The number of thiophene rings is 1. The molecule has 1 aromatic heterocycles. The van der Waals surface area contributed by atoms with Crippen molar-refractivity contribution in [3.05, 3.63) is 191 Å². The van der Waals surface area contributed by atoms with Crippen LogP contribution < -0.4 is 0 Å². The highest BCUT2D eigenvalue weighted by Gasteiger charge is 2.41. The SMILES string of the molecule is CC1(C)C2=CCC(c3cccc(-c4c5ccccc5c(C5=CC=C6C=CCCC6C5)c5ccccc45)c3)C=C2c2c1ccc1cc3sc4ccccc4c3cc21. The van der Waals surface area contributed by atoms with Crippen molar-refractivity contribution in [1.29, 1.82) is 0 Å². The second-order valence-electron chi connectivity index (χ2n) is 17.0. The lowest BCUT2D eigenvalue weighted by molar-refractivity contribution is 0.573. The summed E-state index contributed by atoms with van der Waals surface area (Å²) in [5, 5.41) is 10.9. The lowest BCUT2D eigenvalue weighted by atomic mass is 9.76. The molecule has 56 heavy (non-hydrogen) atoms. The quantitative estimate of drug-likeness (QED) is 0.159. The molecule has 4 aliphatic carbocycles. The highest BCUT2D eigenvalue weighted by Crippen LogP contribution is 2.56. The van der Waals surface area contributed by atoms with Gasteiger partial charge in [0.2, 0.25) is 0 Å². The molecule has 4 aliphatic rings. The molecule has 2 unspecified atom stereocenters. The topological polar surface area (TPSA) is 0 Å². The molecule has 268 valence electrons. The average Bonchev–Trinajstić information content (AvgIpc) is 3.72. The molecule has 0 saturated carbocycles. The summed E-state index contributed by atoms with van der Waals surface area (Å²) in [5.74, 6) is 0.908. The summed E-state index contributed by atoms with van der Waals surface area (Å²) in [6, 6.07) is 46.4. The van der Waals surface area contributed by atoms with Crippen LogP contribution in [0.5, 0.6) is 0 Å². The van der Waals surface area contributed by atoms with Crippen LogP contribution >= 0.6 is 11.3 Å². The number of hydrogen-bond donors (Lipinski definition) is 0. The van der Waals surface area contributed by atoms with Crippen molar-refractivity contribution >= 4 is 75.0 Å². The first-order valence-electron chi connectivity index (χ1n) is 20.4. The molecule has 0 radical (unpaired) electrons. The Hall–Kier alpha value is -5.76. The van der Waals surface area contributed by atoms with E-state index in [0.717, 1.165) is 12.8 Å². The Kier molecular flexibility index (Phi) is 7.03. The minimum absolute atomic E-state index is 0.0355. The normalized spacial score (nSPS) is 19.8. The summed E-state index contributed by atoms with van der Waals surface area (Å²) in [7, 11) is 0. The summed E-state index contributed by atoms with van der Waals surface area (Å²) in [6.07, 6.45) is 19.2. The smallest absolute Gasteiger partial charge is 0.0361 e. The zero-order chi connectivity index (χ0) is 37.1. The van der Waals surface area contributed by atoms with Crippen LogP contribution in [0, 0.1) is 5.92 Å². The van der Waals surface area contributed by atoms with Gasteiger partial charge in [0.25, 0.3) is 0 Å². The van der Waals surface area contributed by atoms with Crippen LogP contribution in [0.25, 0.3) is 74.8 Å². The number of fused-ring (bicyclic) bond motifs is 11. The van der Waals surface area contributed by atoms with Crippen LogP contribution in [0.3, 0.4) is 0 Å². The molecule has 0 bridgehead atoms. The molecule has 0 nitrogen and oxygen atoms in total. The van der Waals surface area contributed by atoms with Crippen molar-refractivity contribution in [2.45, 2.75) is 50.9 Å². The second kappa shape index (κ2) is 12.1. The lowest BCUT2D eigenvalue weighted by Crippen LogP contribution is -2.16. The minimum Gasteiger partial charge on any atom is -0.135 e. The predicted molar refractivity (Wildman–Crippen MR) is 243 cm³/mol. The van der Waals surface area contributed by atoms with Crippen LogP contribution in [0.2, 0.25) is 0 Å². The Morgan fingerprint density at radius 1 is 0.625 bits per heavy atom. The summed E-state index contributed by atoms with van der Waals surface area (Å²) in [4.78, 5) is 0. The van der Waals surface area contributed by atoms with Crippen LogP contribution in [-0.4, -0.2) is 0 Å². The molecule has 1 heteroatoms. The van der Waals surface area contributed by atoms with Crippen molar-refractivity contribution in [2.75, 3.05) is 0 Å². The molecule has 7 aromatic carbocycles. The Balaban J connectivity index is 1.01. The maximum Gasteiger partial charge on any atom is 0.0361 e. The van der Waals surface area contributed by atoms with Crippen LogP contribution in [-0.2, 0) is 5.41 Å². The van der Waals surface area contributed by atoms with Gasteiger partial charge < -0.3 is 0 Å². The summed E-state index contributed by atoms with van der Waals surface area (Å²) < 4.78 is 2.73. The number of hydrogen-bond acceptors (Lipinski definition) is 1. The van der Waals surface area contributed by atoms with Gasteiger partial charge in [0, 0.05) is 31.5 Å². The number of allylic oxidation sites excluding steroid dienone is 10. The average molecular weight is 735 g/mol. The third-order valence-electron chi connectivity index (χ3n) is 13.6. The number of rotatable bonds is 3. The first-order chi connectivity index (χ1) is 27.5. The molecule has 1 heterocycles. The highest BCUT2D eigenvalue weighted by molar-refractivity contribution is 7.25. The van der Waals surface area contributed by atoms with Crippen molar-refractivity contribution in [1.82, 2.24) is 0 Å². The summed E-state index contributed by atoms with van der Waals surface area (Å²) in [5.41, 5.74) is 14.2. The first kappa shape index (κ1) is 32.5. The fourth-order valence-corrected chi connectivity index (χ4v) is 12.0. The van der Waals surface area contributed by atoms with Gasteiger partial charge in [-0.3, -0.25) is 0 Å². The molecule has 0 N–H and O–H groups in total. The van der Waals surface area contributed by atoms with E-state index in [2.05, 4.69) is 172 Å². The molecular weight excluding hydrogens is 693 g/mol. The van der Waals surface area contributed by atoms with E-state index in [4.69, 9.17) is 0 Å². The van der Waals surface area contributed by atoms with Gasteiger partial charge in [-0.1, -0.05) is 153 Å². The van der Waals surface area contributed by atoms with E-state index in [1.54, 1.807) is 0 Å². The van der Waals surface area contributed by atoms with E-state index in [9.17, 15) is 0 Å². The molecular formula is C55H42S. The van der Waals surface area contributed by atoms with Crippen LogP contribution in [0.15, 0.2) is 169 Å². The van der Waals surface area contributed by atoms with Gasteiger partial charge in [0.05, 0.1) is 0 Å². The van der Waals surface area contributed by atoms with E-state index in [1.807, 2.05) is 11.3 Å². The third kappa shape index (κ3) is 4.71. The van der Waals surface area contributed by atoms with Gasteiger partial charge in [0.15, 0.2) is 0 Å². The van der Waals surface area contributed by atoms with Crippen molar-refractivity contribution in [3.63, 3.8) is 0 Å². The van der Waals surface area contributed by atoms with E-state index in [-0.39, 0.29) is 5.41 Å². The Morgan fingerprint density at radius 2 is 1.38 bits per heavy atom.